The van der Waals surface area contributed by atoms with E-state index in [-0.39, 0.29) is 17.5 Å². The molecule has 0 radical (unpaired) electrons. The standard InChI is InChI=1S/C22H21N3O2/c1-3-25(19-10-5-4-6-11-19)22(27)20-15-17(12-13-23-20)21(26)24-18-9-7-8-16(2)14-18/h4-15H,3H2,1-2H3,(H,24,26). The van der Waals surface area contributed by atoms with Crippen LogP contribution in [0.5, 0.6) is 0 Å². The van der Waals surface area contributed by atoms with Gasteiger partial charge in [-0.05, 0) is 55.8 Å². The molecule has 0 saturated carbocycles. The third-order valence-electron chi connectivity index (χ3n) is 4.15. The summed E-state index contributed by atoms with van der Waals surface area (Å²) in [7, 11) is 0. The molecule has 1 heterocycles. The van der Waals surface area contributed by atoms with Crippen molar-refractivity contribution in [1.82, 2.24) is 4.98 Å². The van der Waals surface area contributed by atoms with E-state index in [0.717, 1.165) is 11.3 Å². The zero-order valence-electron chi connectivity index (χ0n) is 15.3. The van der Waals surface area contributed by atoms with Gasteiger partial charge < -0.3 is 10.2 Å². The summed E-state index contributed by atoms with van der Waals surface area (Å²) in [5.41, 5.74) is 3.18. The largest absolute Gasteiger partial charge is 0.322 e. The highest BCUT2D eigenvalue weighted by molar-refractivity contribution is 6.08. The van der Waals surface area contributed by atoms with E-state index in [1.807, 2.05) is 68.4 Å². The van der Waals surface area contributed by atoms with Crippen LogP contribution in [0, 0.1) is 6.92 Å². The number of amides is 2. The smallest absolute Gasteiger partial charge is 0.276 e. The van der Waals surface area contributed by atoms with Crippen LogP contribution in [-0.4, -0.2) is 23.3 Å². The van der Waals surface area contributed by atoms with Crippen molar-refractivity contribution in [1.29, 1.82) is 0 Å². The van der Waals surface area contributed by atoms with E-state index < -0.39 is 0 Å². The lowest BCUT2D eigenvalue weighted by atomic mass is 10.1. The van der Waals surface area contributed by atoms with Crippen molar-refractivity contribution < 1.29 is 9.59 Å². The first-order valence-corrected chi connectivity index (χ1v) is 8.79. The molecule has 0 spiro atoms. The van der Waals surface area contributed by atoms with Crippen molar-refractivity contribution in [3.63, 3.8) is 0 Å². The predicted octanol–water partition coefficient (Wildman–Crippen LogP) is 4.31. The first-order chi connectivity index (χ1) is 13.1. The quantitative estimate of drug-likeness (QED) is 0.738. The van der Waals surface area contributed by atoms with Gasteiger partial charge in [-0.3, -0.25) is 14.6 Å². The van der Waals surface area contributed by atoms with E-state index >= 15 is 0 Å². The number of anilines is 2. The van der Waals surface area contributed by atoms with Crippen LogP contribution in [0.15, 0.2) is 72.9 Å². The van der Waals surface area contributed by atoms with Crippen LogP contribution in [0.3, 0.4) is 0 Å². The second-order valence-corrected chi connectivity index (χ2v) is 6.14. The van der Waals surface area contributed by atoms with Crippen molar-refractivity contribution in [2.45, 2.75) is 13.8 Å². The Morgan fingerprint density at radius 3 is 2.48 bits per heavy atom. The van der Waals surface area contributed by atoms with Crippen molar-refractivity contribution >= 4 is 23.2 Å². The third kappa shape index (κ3) is 4.39. The van der Waals surface area contributed by atoms with E-state index in [1.165, 1.54) is 12.3 Å². The van der Waals surface area contributed by atoms with Gasteiger partial charge in [0.15, 0.2) is 0 Å². The highest BCUT2D eigenvalue weighted by atomic mass is 16.2. The number of hydrogen-bond donors (Lipinski definition) is 1. The molecule has 0 fully saturated rings. The number of pyridine rings is 1. The fourth-order valence-electron chi connectivity index (χ4n) is 2.80. The Morgan fingerprint density at radius 2 is 1.78 bits per heavy atom. The van der Waals surface area contributed by atoms with E-state index in [1.54, 1.807) is 11.0 Å². The lowest BCUT2D eigenvalue weighted by Crippen LogP contribution is -2.31. The maximum Gasteiger partial charge on any atom is 0.276 e. The van der Waals surface area contributed by atoms with Crippen molar-refractivity contribution in [2.75, 3.05) is 16.8 Å². The average molecular weight is 359 g/mol. The van der Waals surface area contributed by atoms with Crippen LogP contribution in [0.1, 0.15) is 33.3 Å². The Kier molecular flexibility index (Phi) is 5.61. The van der Waals surface area contributed by atoms with Gasteiger partial charge in [0.2, 0.25) is 0 Å². The summed E-state index contributed by atoms with van der Waals surface area (Å²) in [6.45, 7) is 4.37. The first kappa shape index (κ1) is 18.3. The Labute approximate surface area is 158 Å². The molecule has 0 bridgehead atoms. The summed E-state index contributed by atoms with van der Waals surface area (Å²) in [5, 5.41) is 2.85. The maximum absolute atomic E-state index is 12.9. The molecule has 1 aromatic heterocycles. The summed E-state index contributed by atoms with van der Waals surface area (Å²) in [6, 6.07) is 20.1. The van der Waals surface area contributed by atoms with Crippen LogP contribution >= 0.6 is 0 Å². The SMILES string of the molecule is CCN(C(=O)c1cc(C(=O)Nc2cccc(C)c2)ccn1)c1ccccc1. The molecule has 2 aromatic carbocycles. The zero-order valence-corrected chi connectivity index (χ0v) is 15.3. The molecule has 5 nitrogen and oxygen atoms in total. The summed E-state index contributed by atoms with van der Waals surface area (Å²) in [5.74, 6) is -0.520. The van der Waals surface area contributed by atoms with Crippen LogP contribution in [0.2, 0.25) is 0 Å². The molecule has 5 heteroatoms. The number of carbonyl (C=O) groups is 2. The van der Waals surface area contributed by atoms with Gasteiger partial charge in [-0.25, -0.2) is 0 Å². The molecule has 2 amide bonds. The number of benzene rings is 2. The van der Waals surface area contributed by atoms with Gasteiger partial charge in [0.25, 0.3) is 11.8 Å². The molecule has 0 atom stereocenters. The average Bonchev–Trinajstić information content (AvgIpc) is 2.69. The monoisotopic (exact) mass is 359 g/mol. The molecular formula is C22H21N3O2. The minimum Gasteiger partial charge on any atom is -0.322 e. The Bertz CT molecular complexity index is 955. The fourth-order valence-corrected chi connectivity index (χ4v) is 2.80. The molecule has 3 rings (SSSR count). The molecule has 136 valence electrons. The van der Waals surface area contributed by atoms with Crippen molar-refractivity contribution in [2.24, 2.45) is 0 Å². The number of para-hydroxylation sites is 1. The molecule has 0 unspecified atom stereocenters. The molecule has 27 heavy (non-hydrogen) atoms. The maximum atomic E-state index is 12.9. The van der Waals surface area contributed by atoms with Crippen molar-refractivity contribution in [3.05, 3.63) is 89.7 Å². The highest BCUT2D eigenvalue weighted by Crippen LogP contribution is 2.17. The van der Waals surface area contributed by atoms with E-state index in [0.29, 0.717) is 17.8 Å². The Balaban J connectivity index is 1.82. The lowest BCUT2D eigenvalue weighted by Gasteiger charge is -2.20. The summed E-state index contributed by atoms with van der Waals surface area (Å²) < 4.78 is 0. The van der Waals surface area contributed by atoms with Gasteiger partial charge in [-0.1, -0.05) is 30.3 Å². The van der Waals surface area contributed by atoms with Crippen LogP contribution in [0.25, 0.3) is 0 Å². The Morgan fingerprint density at radius 1 is 1.00 bits per heavy atom. The number of rotatable bonds is 5. The fraction of sp³-hybridized carbons (Fsp3) is 0.136. The molecule has 0 saturated heterocycles. The lowest BCUT2D eigenvalue weighted by molar-refractivity contribution is 0.0983. The number of nitrogens with one attached hydrogen (secondary N) is 1. The summed E-state index contributed by atoms with van der Waals surface area (Å²) in [6.07, 6.45) is 1.48. The summed E-state index contributed by atoms with van der Waals surface area (Å²) >= 11 is 0. The van der Waals surface area contributed by atoms with E-state index in [9.17, 15) is 9.59 Å². The second kappa shape index (κ2) is 8.27. The van der Waals surface area contributed by atoms with E-state index in [4.69, 9.17) is 0 Å². The number of aryl methyl sites for hydroxylation is 1. The third-order valence-corrected chi connectivity index (χ3v) is 4.15. The minimum atomic E-state index is -0.278. The van der Waals surface area contributed by atoms with Crippen LogP contribution < -0.4 is 10.2 Å². The van der Waals surface area contributed by atoms with E-state index in [2.05, 4.69) is 10.3 Å². The van der Waals surface area contributed by atoms with Gasteiger partial charge in [-0.2, -0.15) is 0 Å². The van der Waals surface area contributed by atoms with Gasteiger partial charge in [-0.15, -0.1) is 0 Å². The van der Waals surface area contributed by atoms with Gasteiger partial charge in [0.05, 0.1) is 0 Å². The number of aromatic nitrogens is 1. The highest BCUT2D eigenvalue weighted by Gasteiger charge is 2.18. The number of hydrogen-bond acceptors (Lipinski definition) is 3. The summed E-state index contributed by atoms with van der Waals surface area (Å²) in [4.78, 5) is 31.2. The zero-order chi connectivity index (χ0) is 19.2. The molecular weight excluding hydrogens is 338 g/mol. The minimum absolute atomic E-state index is 0.234. The second-order valence-electron chi connectivity index (χ2n) is 6.14. The van der Waals surface area contributed by atoms with Crippen LogP contribution in [-0.2, 0) is 0 Å². The predicted molar refractivity (Wildman–Crippen MR) is 107 cm³/mol. The first-order valence-electron chi connectivity index (χ1n) is 8.79. The van der Waals surface area contributed by atoms with Crippen molar-refractivity contribution in [3.8, 4) is 0 Å². The molecule has 0 aliphatic heterocycles. The van der Waals surface area contributed by atoms with Gasteiger partial charge in [0.1, 0.15) is 5.69 Å². The number of carbonyl (C=O) groups excluding carboxylic acids is 2. The number of nitrogens with zero attached hydrogens (tertiary/aromatic N) is 2. The molecule has 3 aromatic rings. The molecule has 0 aliphatic carbocycles. The normalized spacial score (nSPS) is 10.3. The van der Waals surface area contributed by atoms with Gasteiger partial charge >= 0.3 is 0 Å². The van der Waals surface area contributed by atoms with Gasteiger partial charge in [0, 0.05) is 29.7 Å². The Hall–Kier alpha value is -3.47. The van der Waals surface area contributed by atoms with Crippen LogP contribution in [0.4, 0.5) is 11.4 Å². The molecule has 0 aliphatic rings. The molecule has 1 N–H and O–H groups in total. The topological polar surface area (TPSA) is 62.3 Å².